The molecule has 0 bridgehead atoms. The van der Waals surface area contributed by atoms with E-state index in [0.717, 1.165) is 6.61 Å². The van der Waals surface area contributed by atoms with Gasteiger partial charge in [-0.1, -0.05) is 0 Å². The molecule has 0 aliphatic rings. The minimum Gasteiger partial charge on any atom is -0.433 e. The summed E-state index contributed by atoms with van der Waals surface area (Å²) in [7, 11) is -2.77. The largest absolute Gasteiger partial charge is 0.433 e. The summed E-state index contributed by atoms with van der Waals surface area (Å²) in [5, 5.41) is 8.42. The molecule has 0 aliphatic heterocycles. The van der Waals surface area contributed by atoms with Gasteiger partial charge in [0.05, 0.1) is 6.10 Å². The molecule has 0 aromatic carbocycles. The lowest BCUT2D eigenvalue weighted by molar-refractivity contribution is -0.139. The molecule has 0 saturated carbocycles. The van der Waals surface area contributed by atoms with Crippen molar-refractivity contribution in [2.75, 3.05) is 6.61 Å². The van der Waals surface area contributed by atoms with Crippen molar-refractivity contribution in [3.8, 4) is 0 Å². The van der Waals surface area contributed by atoms with E-state index in [2.05, 4.69) is 19.6 Å². The molecule has 0 aliphatic carbocycles. The highest BCUT2D eigenvalue weighted by Gasteiger charge is 2.26. The smallest absolute Gasteiger partial charge is 0.389 e. The second-order valence-corrected chi connectivity index (χ2v) is 15.6. The Hall–Kier alpha value is 0.104. The molecule has 1 atom stereocenters. The molecule has 0 amide bonds. The first kappa shape index (κ1) is 26.0. The summed E-state index contributed by atoms with van der Waals surface area (Å²) in [6.45, 7) is 16.5. The monoisotopic (exact) mass is 350 g/mol. The lowest BCUT2D eigenvalue weighted by Gasteiger charge is -2.14. The maximum Gasteiger partial charge on any atom is 0.389 e. The van der Waals surface area contributed by atoms with Crippen molar-refractivity contribution in [1.82, 2.24) is 0 Å². The van der Waals surface area contributed by atoms with Crippen LogP contribution in [0.4, 0.5) is 13.2 Å². The lowest BCUT2D eigenvalue weighted by Crippen LogP contribution is -2.24. The molecule has 8 heteroatoms. The maximum atomic E-state index is 11.3. The molecule has 21 heavy (non-hydrogen) atoms. The van der Waals surface area contributed by atoms with Gasteiger partial charge in [-0.05, 0) is 59.6 Å². The van der Waals surface area contributed by atoms with Crippen LogP contribution in [0.2, 0.25) is 39.3 Å². The predicted molar refractivity (Wildman–Crippen MR) is 87.5 cm³/mol. The van der Waals surface area contributed by atoms with Crippen LogP contribution < -0.4 is 0 Å². The zero-order chi connectivity index (χ0) is 17.9. The van der Waals surface area contributed by atoms with Crippen LogP contribution in [-0.2, 0) is 4.43 Å². The normalized spacial score (nSPS) is 13.6. The molecule has 0 saturated heterocycles. The van der Waals surface area contributed by atoms with E-state index in [0.29, 0.717) is 0 Å². The van der Waals surface area contributed by atoms with E-state index in [1.807, 2.05) is 26.6 Å². The van der Waals surface area contributed by atoms with Gasteiger partial charge in [0.15, 0.2) is 16.6 Å². The average Bonchev–Trinajstić information content (AvgIpc) is 2.09. The number of hydrogen-bond acceptors (Lipinski definition) is 3. The fourth-order valence-corrected chi connectivity index (χ4v) is 1.67. The summed E-state index contributed by atoms with van der Waals surface area (Å²) in [5.74, 6) is 0. The SMILES string of the molecule is CC(O)CCC(F)(F)F.CCO[Si](C)(C)C.C[Si](C)(C)O. The number of rotatable bonds is 4. The lowest BCUT2D eigenvalue weighted by atomic mass is 10.2. The first-order valence-corrected chi connectivity index (χ1v) is 13.9. The van der Waals surface area contributed by atoms with Crippen molar-refractivity contribution in [3.05, 3.63) is 0 Å². The third kappa shape index (κ3) is 64.5. The minimum absolute atomic E-state index is 0.205. The topological polar surface area (TPSA) is 49.7 Å². The summed E-state index contributed by atoms with van der Waals surface area (Å²) >= 11 is 0. The maximum absolute atomic E-state index is 11.3. The summed E-state index contributed by atoms with van der Waals surface area (Å²) in [6, 6.07) is 0. The van der Waals surface area contributed by atoms with E-state index in [9.17, 15) is 13.2 Å². The van der Waals surface area contributed by atoms with Gasteiger partial charge in [-0.15, -0.1) is 0 Å². The van der Waals surface area contributed by atoms with Crippen LogP contribution in [0, 0.1) is 0 Å². The Morgan fingerprint density at radius 2 is 1.38 bits per heavy atom. The Labute approximate surface area is 129 Å². The number of halogens is 3. The Kier molecular flexibility index (Phi) is 14.4. The highest BCUT2D eigenvalue weighted by atomic mass is 28.4. The summed E-state index contributed by atoms with van der Waals surface area (Å²) in [4.78, 5) is 8.66. The van der Waals surface area contributed by atoms with Gasteiger partial charge in [0, 0.05) is 13.0 Å². The van der Waals surface area contributed by atoms with Gasteiger partial charge in [0.1, 0.15) is 0 Å². The summed E-state index contributed by atoms with van der Waals surface area (Å²) < 4.78 is 39.3. The molecule has 0 aromatic rings. The van der Waals surface area contributed by atoms with E-state index in [1.54, 1.807) is 0 Å². The molecular formula is C13H33F3O3Si2. The van der Waals surface area contributed by atoms with E-state index in [1.165, 1.54) is 6.92 Å². The molecule has 132 valence electrons. The Morgan fingerprint density at radius 1 is 1.05 bits per heavy atom. The molecule has 1 unspecified atom stereocenters. The highest BCUT2D eigenvalue weighted by Crippen LogP contribution is 2.21. The van der Waals surface area contributed by atoms with Gasteiger partial charge in [-0.25, -0.2) is 0 Å². The fourth-order valence-electron chi connectivity index (χ4n) is 0.806. The summed E-state index contributed by atoms with van der Waals surface area (Å²) in [5.41, 5.74) is 0. The standard InChI is InChI=1S/C5H9F3O.C5H14OSi.C3H10OSi/c1-4(9)2-3-5(6,7)8;1-5-6-7(2,3)4;1-5(2,3)4/h4,9H,2-3H2,1H3;5H2,1-4H3;4H,1-3H3. The van der Waals surface area contributed by atoms with Crippen LogP contribution >= 0.6 is 0 Å². The van der Waals surface area contributed by atoms with Crippen molar-refractivity contribution in [1.29, 1.82) is 0 Å². The van der Waals surface area contributed by atoms with Crippen LogP contribution in [0.15, 0.2) is 0 Å². The van der Waals surface area contributed by atoms with Crippen molar-refractivity contribution in [2.45, 2.75) is 78.3 Å². The summed E-state index contributed by atoms with van der Waals surface area (Å²) in [6.07, 6.45) is -6.09. The van der Waals surface area contributed by atoms with Crippen LogP contribution in [0.5, 0.6) is 0 Å². The third-order valence-corrected chi connectivity index (χ3v) is 2.58. The van der Waals surface area contributed by atoms with Gasteiger partial charge >= 0.3 is 6.18 Å². The quantitative estimate of drug-likeness (QED) is 0.740. The van der Waals surface area contributed by atoms with Crippen molar-refractivity contribution in [3.63, 3.8) is 0 Å². The van der Waals surface area contributed by atoms with Gasteiger partial charge in [0.25, 0.3) is 0 Å². The van der Waals surface area contributed by atoms with Crippen molar-refractivity contribution in [2.24, 2.45) is 0 Å². The van der Waals surface area contributed by atoms with E-state index < -0.39 is 35.3 Å². The van der Waals surface area contributed by atoms with Crippen LogP contribution in [0.25, 0.3) is 0 Å². The van der Waals surface area contributed by atoms with E-state index in [-0.39, 0.29) is 6.42 Å². The first-order valence-electron chi connectivity index (χ1n) is 7.09. The second-order valence-electron chi connectivity index (χ2n) is 6.72. The molecule has 0 spiro atoms. The molecular weight excluding hydrogens is 317 g/mol. The predicted octanol–water partition coefficient (Wildman–Crippen LogP) is 4.38. The Balaban J connectivity index is -0.000000242. The van der Waals surface area contributed by atoms with Gasteiger partial charge < -0.3 is 14.3 Å². The molecule has 0 radical (unpaired) electrons. The molecule has 0 rings (SSSR count). The zero-order valence-corrected chi connectivity index (χ0v) is 16.6. The van der Waals surface area contributed by atoms with Crippen molar-refractivity contribution >= 4 is 16.6 Å². The van der Waals surface area contributed by atoms with Gasteiger partial charge in [-0.3, -0.25) is 0 Å². The number of hydrogen-bond donors (Lipinski definition) is 2. The minimum atomic E-state index is -4.13. The van der Waals surface area contributed by atoms with Crippen LogP contribution in [-0.4, -0.2) is 45.4 Å². The number of alkyl halides is 3. The van der Waals surface area contributed by atoms with Crippen LogP contribution in [0.3, 0.4) is 0 Å². The third-order valence-electron chi connectivity index (χ3n) is 1.42. The number of aliphatic hydroxyl groups is 1. The Morgan fingerprint density at radius 3 is 1.43 bits per heavy atom. The molecule has 0 heterocycles. The average molecular weight is 351 g/mol. The fraction of sp³-hybridized carbons (Fsp3) is 1.00. The molecule has 3 nitrogen and oxygen atoms in total. The molecule has 0 aromatic heterocycles. The number of aliphatic hydroxyl groups excluding tert-OH is 1. The van der Waals surface area contributed by atoms with Crippen LogP contribution in [0.1, 0.15) is 26.7 Å². The van der Waals surface area contributed by atoms with E-state index >= 15 is 0 Å². The molecule has 0 fully saturated rings. The second kappa shape index (κ2) is 11.6. The highest BCUT2D eigenvalue weighted by molar-refractivity contribution is 6.69. The van der Waals surface area contributed by atoms with Crippen molar-refractivity contribution < 1.29 is 27.5 Å². The van der Waals surface area contributed by atoms with E-state index in [4.69, 9.17) is 14.3 Å². The Bertz CT molecular complexity index is 228. The van der Waals surface area contributed by atoms with Gasteiger partial charge in [0.2, 0.25) is 0 Å². The van der Waals surface area contributed by atoms with Gasteiger partial charge in [-0.2, -0.15) is 13.2 Å². The molecule has 2 N–H and O–H groups in total. The zero-order valence-electron chi connectivity index (χ0n) is 14.6. The first-order chi connectivity index (χ1) is 8.98.